The van der Waals surface area contributed by atoms with Crippen molar-refractivity contribution in [2.24, 2.45) is 5.73 Å². The Labute approximate surface area is 125 Å². The van der Waals surface area contributed by atoms with Gasteiger partial charge in [0.2, 0.25) is 0 Å². The molecule has 1 aromatic rings. The lowest BCUT2D eigenvalue weighted by molar-refractivity contribution is 0.0818. The number of carbonyl (C=O) groups is 1. The summed E-state index contributed by atoms with van der Waals surface area (Å²) in [6.45, 7) is 0.269. The van der Waals surface area contributed by atoms with E-state index in [-0.39, 0.29) is 18.5 Å². The molecule has 1 aliphatic rings. The second-order valence-electron chi connectivity index (χ2n) is 5.25. The first kappa shape index (κ1) is 15.5. The Morgan fingerprint density at radius 2 is 2.19 bits per heavy atom. The van der Waals surface area contributed by atoms with E-state index in [1.54, 1.807) is 12.3 Å². The third kappa shape index (κ3) is 4.55. The summed E-state index contributed by atoms with van der Waals surface area (Å²) in [4.78, 5) is 16.3. The molecule has 0 aliphatic heterocycles. The molecule has 2 rings (SSSR count). The molecule has 2 unspecified atom stereocenters. The fraction of sp³-hybridized carbons (Fsp3) is 0.500. The maximum Gasteiger partial charge on any atom is 0.253 e. The summed E-state index contributed by atoms with van der Waals surface area (Å²) in [7, 11) is 0. The fourth-order valence-electron chi connectivity index (χ4n) is 2.49. The van der Waals surface area contributed by atoms with Crippen LogP contribution in [0.2, 0.25) is 0 Å². The lowest BCUT2D eigenvalue weighted by Gasteiger charge is -2.21. The molecule has 0 aromatic carbocycles. The van der Waals surface area contributed by atoms with Crippen LogP contribution in [0.1, 0.15) is 48.0 Å². The van der Waals surface area contributed by atoms with Crippen LogP contribution in [0.4, 0.5) is 0 Å². The lowest BCUT2D eigenvalue weighted by atomic mass is 10.1. The van der Waals surface area contributed by atoms with Gasteiger partial charge in [0.25, 0.3) is 5.91 Å². The summed E-state index contributed by atoms with van der Waals surface area (Å²) < 4.78 is 0. The molecule has 0 radical (unpaired) electrons. The van der Waals surface area contributed by atoms with Crippen LogP contribution < -0.4 is 11.1 Å². The molecule has 1 heterocycles. The molecule has 4 N–H and O–H groups in total. The molecule has 1 fully saturated rings. The standard InChI is InChI=1S/C16H21N3O2/c17-8-4-5-12-9-13(11-18-10-12)16(21)19-14-6-2-1-3-7-15(14)20/h9-11,14-15,20H,1-3,6-8,17H2,(H,19,21). The third-order valence-electron chi connectivity index (χ3n) is 3.63. The van der Waals surface area contributed by atoms with Crippen molar-refractivity contribution < 1.29 is 9.90 Å². The highest BCUT2D eigenvalue weighted by molar-refractivity contribution is 5.94. The Morgan fingerprint density at radius 1 is 1.38 bits per heavy atom. The van der Waals surface area contributed by atoms with E-state index < -0.39 is 6.10 Å². The van der Waals surface area contributed by atoms with E-state index in [1.165, 1.54) is 6.20 Å². The minimum Gasteiger partial charge on any atom is -0.391 e. The van der Waals surface area contributed by atoms with Crippen molar-refractivity contribution in [3.63, 3.8) is 0 Å². The molecule has 0 saturated heterocycles. The van der Waals surface area contributed by atoms with Crippen molar-refractivity contribution in [1.82, 2.24) is 10.3 Å². The van der Waals surface area contributed by atoms with Gasteiger partial charge in [0.05, 0.1) is 24.3 Å². The predicted octanol–water partition coefficient (Wildman–Crippen LogP) is 0.815. The number of aromatic nitrogens is 1. The van der Waals surface area contributed by atoms with E-state index in [9.17, 15) is 9.90 Å². The topological polar surface area (TPSA) is 88.2 Å². The molecule has 21 heavy (non-hydrogen) atoms. The summed E-state index contributed by atoms with van der Waals surface area (Å²) in [5, 5.41) is 13.0. The second-order valence-corrected chi connectivity index (χ2v) is 5.25. The predicted molar refractivity (Wildman–Crippen MR) is 80.5 cm³/mol. The van der Waals surface area contributed by atoms with Crippen LogP contribution in [-0.4, -0.2) is 34.7 Å². The lowest BCUT2D eigenvalue weighted by Crippen LogP contribution is -2.42. The highest BCUT2D eigenvalue weighted by Crippen LogP contribution is 2.18. The minimum atomic E-state index is -0.468. The van der Waals surface area contributed by atoms with Crippen LogP contribution in [-0.2, 0) is 0 Å². The molecule has 5 heteroatoms. The monoisotopic (exact) mass is 287 g/mol. The van der Waals surface area contributed by atoms with Crippen LogP contribution in [0.15, 0.2) is 18.5 Å². The SMILES string of the molecule is NCC#Cc1cncc(C(=O)NC2CCCCCC2O)c1. The summed E-state index contributed by atoms with van der Waals surface area (Å²) in [5.74, 6) is 5.37. The Balaban J connectivity index is 2.05. The number of nitrogens with zero attached hydrogens (tertiary/aromatic N) is 1. The largest absolute Gasteiger partial charge is 0.391 e. The summed E-state index contributed by atoms with van der Waals surface area (Å²) in [5.41, 5.74) is 6.44. The van der Waals surface area contributed by atoms with Crippen LogP contribution in [0.3, 0.4) is 0 Å². The van der Waals surface area contributed by atoms with E-state index in [1.807, 2.05) is 0 Å². The number of hydrogen-bond donors (Lipinski definition) is 3. The summed E-state index contributed by atoms with van der Waals surface area (Å²) in [6.07, 6.45) is 7.34. The molecular weight excluding hydrogens is 266 g/mol. The van der Waals surface area contributed by atoms with Gasteiger partial charge in [-0.05, 0) is 18.9 Å². The van der Waals surface area contributed by atoms with Gasteiger partial charge in [-0.2, -0.15) is 0 Å². The molecule has 2 atom stereocenters. The number of rotatable bonds is 2. The number of pyridine rings is 1. The van der Waals surface area contributed by atoms with Gasteiger partial charge in [-0.1, -0.05) is 31.1 Å². The van der Waals surface area contributed by atoms with Crippen LogP contribution in [0.5, 0.6) is 0 Å². The molecule has 0 spiro atoms. The van der Waals surface area contributed by atoms with Gasteiger partial charge in [-0.15, -0.1) is 0 Å². The average molecular weight is 287 g/mol. The number of aliphatic hydroxyl groups excluding tert-OH is 1. The molecule has 1 aliphatic carbocycles. The smallest absolute Gasteiger partial charge is 0.253 e. The van der Waals surface area contributed by atoms with E-state index in [4.69, 9.17) is 5.73 Å². The highest BCUT2D eigenvalue weighted by Gasteiger charge is 2.23. The number of nitrogens with two attached hydrogens (primary N) is 1. The number of amides is 1. The number of aliphatic hydroxyl groups is 1. The Bertz CT molecular complexity index is 548. The summed E-state index contributed by atoms with van der Waals surface area (Å²) in [6, 6.07) is 1.51. The van der Waals surface area contributed by atoms with Gasteiger partial charge in [0, 0.05) is 18.0 Å². The fourth-order valence-corrected chi connectivity index (χ4v) is 2.49. The van der Waals surface area contributed by atoms with Gasteiger partial charge in [0.1, 0.15) is 0 Å². The number of carbonyl (C=O) groups excluding carboxylic acids is 1. The maximum absolute atomic E-state index is 12.3. The van der Waals surface area contributed by atoms with Crippen molar-refractivity contribution in [2.75, 3.05) is 6.54 Å². The van der Waals surface area contributed by atoms with E-state index in [2.05, 4.69) is 22.1 Å². The third-order valence-corrected chi connectivity index (χ3v) is 3.63. The second kappa shape index (κ2) is 7.77. The quantitative estimate of drug-likeness (QED) is 0.555. The van der Waals surface area contributed by atoms with Crippen molar-refractivity contribution in [3.8, 4) is 11.8 Å². The van der Waals surface area contributed by atoms with Gasteiger partial charge in [-0.25, -0.2) is 0 Å². The van der Waals surface area contributed by atoms with Crippen LogP contribution in [0, 0.1) is 11.8 Å². The maximum atomic E-state index is 12.3. The van der Waals surface area contributed by atoms with E-state index >= 15 is 0 Å². The molecule has 0 bridgehead atoms. The summed E-state index contributed by atoms with van der Waals surface area (Å²) >= 11 is 0. The van der Waals surface area contributed by atoms with Gasteiger partial charge < -0.3 is 16.2 Å². The van der Waals surface area contributed by atoms with Crippen molar-refractivity contribution in [3.05, 3.63) is 29.6 Å². The molecule has 1 aromatic heterocycles. The zero-order valence-electron chi connectivity index (χ0n) is 12.0. The molecular formula is C16H21N3O2. The van der Waals surface area contributed by atoms with E-state index in [0.717, 1.165) is 32.1 Å². The Hall–Kier alpha value is -1.90. The number of hydrogen-bond acceptors (Lipinski definition) is 4. The average Bonchev–Trinajstić information content (AvgIpc) is 2.70. The van der Waals surface area contributed by atoms with Crippen LogP contribution in [0.25, 0.3) is 0 Å². The van der Waals surface area contributed by atoms with Crippen molar-refractivity contribution >= 4 is 5.91 Å². The first-order valence-corrected chi connectivity index (χ1v) is 7.33. The Kier molecular flexibility index (Phi) is 5.73. The van der Waals surface area contributed by atoms with Crippen LogP contribution >= 0.6 is 0 Å². The van der Waals surface area contributed by atoms with E-state index in [0.29, 0.717) is 11.1 Å². The number of nitrogens with one attached hydrogen (secondary N) is 1. The van der Waals surface area contributed by atoms with Crippen molar-refractivity contribution in [1.29, 1.82) is 0 Å². The molecule has 1 amide bonds. The van der Waals surface area contributed by atoms with Gasteiger partial charge >= 0.3 is 0 Å². The zero-order chi connectivity index (χ0) is 15.1. The molecule has 5 nitrogen and oxygen atoms in total. The minimum absolute atomic E-state index is 0.182. The highest BCUT2D eigenvalue weighted by atomic mass is 16.3. The normalized spacial score (nSPS) is 21.8. The molecule has 1 saturated carbocycles. The van der Waals surface area contributed by atoms with Crippen molar-refractivity contribution in [2.45, 2.75) is 44.2 Å². The van der Waals surface area contributed by atoms with Gasteiger partial charge in [-0.3, -0.25) is 9.78 Å². The molecule has 112 valence electrons. The van der Waals surface area contributed by atoms with Gasteiger partial charge in [0.15, 0.2) is 0 Å². The Morgan fingerprint density at radius 3 is 3.00 bits per heavy atom. The zero-order valence-corrected chi connectivity index (χ0v) is 12.0. The first-order valence-electron chi connectivity index (χ1n) is 7.33. The first-order chi connectivity index (χ1) is 10.2.